The van der Waals surface area contributed by atoms with Crippen LogP contribution < -0.4 is 0 Å². The van der Waals surface area contributed by atoms with E-state index in [0.29, 0.717) is 49.7 Å². The number of likely N-dealkylation sites (tertiary alicyclic amines) is 1. The summed E-state index contributed by atoms with van der Waals surface area (Å²) in [7, 11) is 0. The van der Waals surface area contributed by atoms with Gasteiger partial charge in [0.1, 0.15) is 0 Å². The van der Waals surface area contributed by atoms with E-state index in [1.165, 1.54) is 17.1 Å². The van der Waals surface area contributed by atoms with Crippen LogP contribution in [-0.2, 0) is 43.3 Å². The maximum atomic E-state index is 12.1. The Bertz CT molecular complexity index is 1900. The molecule has 0 aromatic heterocycles. The molecule has 4 unspecified atom stereocenters. The van der Waals surface area contributed by atoms with Crippen molar-refractivity contribution in [1.29, 1.82) is 0 Å². The van der Waals surface area contributed by atoms with Crippen LogP contribution in [0.1, 0.15) is 86.9 Å². The lowest BCUT2D eigenvalue weighted by Crippen LogP contribution is -2.40. The third-order valence-corrected chi connectivity index (χ3v) is 8.84. The number of amides is 9. The van der Waals surface area contributed by atoms with E-state index in [0.717, 1.165) is 43.8 Å². The molecule has 1 saturated heterocycles. The van der Waals surface area contributed by atoms with E-state index in [4.69, 9.17) is 19.4 Å². The van der Waals surface area contributed by atoms with Crippen molar-refractivity contribution in [2.45, 2.75) is 91.1 Å². The Kier molecular flexibility index (Phi) is 11.2. The minimum absolute atomic E-state index is 0.153. The first kappa shape index (κ1) is 38.8. The van der Waals surface area contributed by atoms with E-state index in [-0.39, 0.29) is 35.4 Å². The number of aliphatic imine (C=N–C) groups is 1. The fourth-order valence-electron chi connectivity index (χ4n) is 6.14. The Labute approximate surface area is 317 Å². The number of rotatable bonds is 4. The summed E-state index contributed by atoms with van der Waals surface area (Å²) in [6, 6.07) is 6.20. The molecule has 0 saturated carbocycles. The molecule has 9 amide bonds. The predicted molar refractivity (Wildman–Crippen MR) is 190 cm³/mol. The number of benzene rings is 1. The number of urea groups is 1. The van der Waals surface area contributed by atoms with Crippen LogP contribution >= 0.6 is 0 Å². The molecule has 21 nitrogen and oxygen atoms in total. The largest absolute Gasteiger partial charge is 0.370 e. The Morgan fingerprint density at radius 2 is 0.875 bits per heavy atom. The number of fused-ring (bicyclic) bond motifs is 1. The summed E-state index contributed by atoms with van der Waals surface area (Å²) < 4.78 is 0. The highest BCUT2D eigenvalue weighted by Crippen LogP contribution is 2.28. The molecule has 21 heteroatoms. The Balaban J connectivity index is 0.000000128. The van der Waals surface area contributed by atoms with E-state index in [1.807, 2.05) is 6.92 Å². The van der Waals surface area contributed by atoms with Gasteiger partial charge >= 0.3 is 6.03 Å². The third-order valence-electron chi connectivity index (χ3n) is 8.84. The van der Waals surface area contributed by atoms with Gasteiger partial charge in [-0.2, -0.15) is 4.99 Å². The van der Waals surface area contributed by atoms with Crippen molar-refractivity contribution in [3.63, 3.8) is 0 Å². The van der Waals surface area contributed by atoms with Crippen LogP contribution in [0.25, 0.3) is 0 Å². The summed E-state index contributed by atoms with van der Waals surface area (Å²) in [6.45, 7) is 7.17. The smallest absolute Gasteiger partial charge is 0.353 e. The molecule has 8 aliphatic heterocycles. The second-order valence-electron chi connectivity index (χ2n) is 13.2. The van der Waals surface area contributed by atoms with E-state index in [9.17, 15) is 38.4 Å². The number of oxime groups is 4. The minimum atomic E-state index is -0.609. The number of carbonyl (C=O) groups excluding carboxylic acids is 8. The first-order valence-electron chi connectivity index (χ1n) is 17.3. The summed E-state index contributed by atoms with van der Waals surface area (Å²) in [5.74, 6) is -2.03. The average molecular weight is 774 g/mol. The molecule has 1 aromatic rings. The van der Waals surface area contributed by atoms with Gasteiger partial charge in [0, 0.05) is 50.7 Å². The quantitative estimate of drug-likeness (QED) is 0.398. The van der Waals surface area contributed by atoms with Crippen molar-refractivity contribution in [2.24, 2.45) is 25.6 Å². The normalized spacial score (nSPS) is 25.7. The molecule has 292 valence electrons. The molecule has 0 radical (unpaired) electrons. The van der Waals surface area contributed by atoms with Gasteiger partial charge in [-0.15, -0.1) is 0 Å². The van der Waals surface area contributed by atoms with Gasteiger partial charge in [0.2, 0.25) is 36.7 Å². The summed E-state index contributed by atoms with van der Waals surface area (Å²) in [5.41, 5.74) is 4.02. The fourth-order valence-corrected chi connectivity index (χ4v) is 6.14. The maximum Gasteiger partial charge on any atom is 0.353 e. The van der Waals surface area contributed by atoms with Crippen molar-refractivity contribution in [3.8, 4) is 0 Å². The van der Waals surface area contributed by atoms with E-state index < -0.39 is 36.8 Å². The highest BCUT2D eigenvalue weighted by Gasteiger charge is 2.43. The van der Waals surface area contributed by atoms with Crippen LogP contribution in [0.15, 0.2) is 62.0 Å². The summed E-state index contributed by atoms with van der Waals surface area (Å²) >= 11 is 0. The Morgan fingerprint density at radius 3 is 1.23 bits per heavy atom. The van der Waals surface area contributed by atoms with Crippen molar-refractivity contribution < 1.29 is 57.7 Å². The van der Waals surface area contributed by atoms with Crippen LogP contribution in [0.4, 0.5) is 4.79 Å². The van der Waals surface area contributed by atoms with Gasteiger partial charge in [-0.05, 0) is 39.8 Å². The standard InChI is InChI=1S/C12H10N2O3.C8H10N2O3.C8H8N2O3.C7H7N3O3/c1-7-6-10(17-13-7)14-11(15)8-4-2-3-5-9(8)12(14)16;2*1-5-4-8(13-9-5)10-6(11)2-3-7(10)12;1-4-2-6(13-9-4)10-5(11)3-8-7(10)12/h2-5,10H,6H2,1H3;8H,2-4H2,1H3;2-3,8H,4H2,1H3;3,6H,2H2,1H3. The highest BCUT2D eigenvalue weighted by molar-refractivity contribution is 6.35. The number of hydrogen-bond donors (Lipinski definition) is 0. The zero-order chi connectivity index (χ0) is 40.3. The van der Waals surface area contributed by atoms with Crippen molar-refractivity contribution in [3.05, 3.63) is 47.5 Å². The highest BCUT2D eigenvalue weighted by atomic mass is 16.7. The van der Waals surface area contributed by atoms with E-state index >= 15 is 0 Å². The lowest BCUT2D eigenvalue weighted by atomic mass is 10.1. The van der Waals surface area contributed by atoms with Gasteiger partial charge in [0.25, 0.3) is 29.5 Å². The van der Waals surface area contributed by atoms with E-state index in [1.54, 1.807) is 45.0 Å². The van der Waals surface area contributed by atoms with Crippen molar-refractivity contribution in [1.82, 2.24) is 19.6 Å². The first-order valence-corrected chi connectivity index (χ1v) is 17.3. The number of imide groups is 4. The minimum Gasteiger partial charge on any atom is -0.370 e. The summed E-state index contributed by atoms with van der Waals surface area (Å²) in [6.07, 6.45) is 3.80. The lowest BCUT2D eigenvalue weighted by Gasteiger charge is -2.19. The SMILES string of the molecule is CC1=NOC(N2C(=O)C=CC2=O)C1.CC1=NOC(N2C(=O)C=NC2=O)C1.CC1=NOC(N2C(=O)CCC2=O)C1.CC1=NOC(N2C(=O)c3ccccc3C2=O)C1. The molecule has 0 aliphatic carbocycles. The molecule has 0 bridgehead atoms. The van der Waals surface area contributed by atoms with Crippen LogP contribution in [0.2, 0.25) is 0 Å². The topological polar surface area (TPSA) is 248 Å². The van der Waals surface area contributed by atoms with Crippen molar-refractivity contribution >= 4 is 76.4 Å². The molecule has 1 aromatic carbocycles. The zero-order valence-corrected chi connectivity index (χ0v) is 30.5. The predicted octanol–water partition coefficient (Wildman–Crippen LogP) is 1.84. The monoisotopic (exact) mass is 773 g/mol. The molecular formula is C35H35N9O12. The molecule has 8 heterocycles. The molecular weight excluding hydrogens is 738 g/mol. The van der Waals surface area contributed by atoms with Crippen LogP contribution in [0, 0.1) is 0 Å². The number of nitrogens with zero attached hydrogens (tertiary/aromatic N) is 9. The Morgan fingerprint density at radius 1 is 0.500 bits per heavy atom. The van der Waals surface area contributed by atoms with Gasteiger partial charge in [0.15, 0.2) is 0 Å². The fraction of sp³-hybridized carbons (Fsp3) is 0.400. The van der Waals surface area contributed by atoms with Gasteiger partial charge in [-0.25, -0.2) is 24.4 Å². The number of hydrogen-bond acceptors (Lipinski definition) is 16. The zero-order valence-electron chi connectivity index (χ0n) is 30.5. The molecule has 8 aliphatic rings. The van der Waals surface area contributed by atoms with Gasteiger partial charge in [-0.3, -0.25) is 33.6 Å². The van der Waals surface area contributed by atoms with Crippen LogP contribution in [0.3, 0.4) is 0 Å². The molecule has 0 N–H and O–H groups in total. The first-order chi connectivity index (χ1) is 26.7. The van der Waals surface area contributed by atoms with E-state index in [2.05, 4.69) is 25.6 Å². The third kappa shape index (κ3) is 8.10. The second-order valence-corrected chi connectivity index (χ2v) is 13.2. The molecule has 9 rings (SSSR count). The van der Waals surface area contributed by atoms with Gasteiger partial charge < -0.3 is 19.4 Å². The Hall–Kier alpha value is -6.93. The average Bonchev–Trinajstić information content (AvgIpc) is 4.05. The molecule has 1 fully saturated rings. The van der Waals surface area contributed by atoms with Crippen LogP contribution in [0.5, 0.6) is 0 Å². The molecule has 4 atom stereocenters. The van der Waals surface area contributed by atoms with Crippen molar-refractivity contribution in [2.75, 3.05) is 0 Å². The summed E-state index contributed by atoms with van der Waals surface area (Å²) in [4.78, 5) is 119. The molecule has 56 heavy (non-hydrogen) atoms. The maximum absolute atomic E-state index is 12.1. The number of carbonyl (C=O) groups is 8. The second kappa shape index (κ2) is 16.2. The summed E-state index contributed by atoms with van der Waals surface area (Å²) in [5, 5.41) is 14.8. The van der Waals surface area contributed by atoms with Gasteiger partial charge in [-0.1, -0.05) is 32.8 Å². The lowest BCUT2D eigenvalue weighted by molar-refractivity contribution is -0.152. The van der Waals surface area contributed by atoms with Gasteiger partial charge in [0.05, 0.1) is 40.2 Å². The molecule has 0 spiro atoms. The van der Waals surface area contributed by atoms with Crippen LogP contribution in [-0.4, -0.2) is 121 Å².